The van der Waals surface area contributed by atoms with Crippen LogP contribution in [-0.2, 0) is 23.4 Å². The Bertz CT molecular complexity index is 830. The summed E-state index contributed by atoms with van der Waals surface area (Å²) in [5, 5.41) is 14.0. The van der Waals surface area contributed by atoms with Crippen LogP contribution in [0.1, 0.15) is 44.5 Å². The van der Waals surface area contributed by atoms with E-state index in [1.54, 1.807) is 0 Å². The van der Waals surface area contributed by atoms with Crippen molar-refractivity contribution >= 4 is 49.2 Å². The van der Waals surface area contributed by atoms with E-state index in [4.69, 9.17) is 58.2 Å². The highest BCUT2D eigenvalue weighted by atomic mass is 35.6. The molecule has 6 atom stereocenters. The number of rotatable bonds is 10. The van der Waals surface area contributed by atoms with E-state index < -0.39 is 61.7 Å². The maximum atomic E-state index is 12.5. The van der Waals surface area contributed by atoms with E-state index in [9.17, 15) is 9.90 Å². The average molecular weight is 585 g/mol. The first-order chi connectivity index (χ1) is 17.0. The summed E-state index contributed by atoms with van der Waals surface area (Å²) < 4.78 is 27.9. The lowest BCUT2D eigenvalue weighted by Crippen LogP contribution is -2.68. The van der Waals surface area contributed by atoms with Crippen LogP contribution in [0.25, 0.3) is 0 Å². The highest BCUT2D eigenvalue weighted by Crippen LogP contribution is 2.36. The Morgan fingerprint density at radius 3 is 2.56 bits per heavy atom. The van der Waals surface area contributed by atoms with E-state index in [2.05, 4.69) is 25.3 Å². The molecule has 2 saturated heterocycles. The van der Waals surface area contributed by atoms with Crippen LogP contribution in [-0.4, -0.2) is 67.2 Å². The van der Waals surface area contributed by atoms with E-state index >= 15 is 0 Å². The number of halogens is 3. The summed E-state index contributed by atoms with van der Waals surface area (Å²) in [6.07, 6.45) is -0.476. The Balaban J connectivity index is 1.73. The van der Waals surface area contributed by atoms with Crippen molar-refractivity contribution in [2.75, 3.05) is 13.2 Å². The van der Waals surface area contributed by atoms with Crippen LogP contribution in [0.5, 0.6) is 0 Å². The van der Waals surface area contributed by atoms with Crippen molar-refractivity contribution < 1.29 is 33.3 Å². The van der Waals surface area contributed by atoms with Gasteiger partial charge in [-0.1, -0.05) is 97.7 Å². The van der Waals surface area contributed by atoms with E-state index in [0.29, 0.717) is 0 Å². The van der Waals surface area contributed by atoms with Crippen molar-refractivity contribution in [3.8, 4) is 0 Å². The first-order valence-electron chi connectivity index (χ1n) is 12.3. The average Bonchev–Trinajstić information content (AvgIpc) is 2.83. The second-order valence-corrected chi connectivity index (χ2v) is 16.5. The van der Waals surface area contributed by atoms with Gasteiger partial charge in [-0.2, -0.15) is 0 Å². The normalized spacial score (nSPS) is 28.9. The molecule has 0 aliphatic carbocycles. The van der Waals surface area contributed by atoms with Crippen LogP contribution in [0, 0.1) is 0 Å². The van der Waals surface area contributed by atoms with Crippen LogP contribution >= 0.6 is 34.8 Å². The van der Waals surface area contributed by atoms with Gasteiger partial charge in [0.25, 0.3) is 0 Å². The molecule has 36 heavy (non-hydrogen) atoms. The molecule has 1 amide bonds. The number of fused-ring (bicyclic) bond motifs is 1. The summed E-state index contributed by atoms with van der Waals surface area (Å²) in [7, 11) is -2.21. The van der Waals surface area contributed by atoms with Crippen molar-refractivity contribution in [1.82, 2.24) is 5.32 Å². The predicted octanol–water partition coefficient (Wildman–Crippen LogP) is 5.45. The number of hydrogen-bond donors (Lipinski definition) is 2. The fourth-order valence-electron chi connectivity index (χ4n) is 4.30. The third kappa shape index (κ3) is 8.99. The first kappa shape index (κ1) is 29.9. The lowest BCUT2D eigenvalue weighted by molar-refractivity contribution is -0.334. The minimum atomic E-state index is -2.21. The Hall–Kier alpha value is -0.623. The predicted molar refractivity (Wildman–Crippen MR) is 141 cm³/mol. The minimum absolute atomic E-state index is 0.198. The van der Waals surface area contributed by atoms with Gasteiger partial charge in [0.2, 0.25) is 3.79 Å². The monoisotopic (exact) mass is 583 g/mol. The molecule has 0 saturated carbocycles. The highest BCUT2D eigenvalue weighted by molar-refractivity contribution is 6.71. The van der Waals surface area contributed by atoms with E-state index in [1.807, 2.05) is 30.3 Å². The molecular formula is C24H36Cl3NO7Si. The number of hydrogen-bond acceptors (Lipinski definition) is 7. The number of carbonyl (C=O) groups excluding carboxylic acids is 1. The smallest absolute Gasteiger partial charge is 0.407 e. The lowest BCUT2D eigenvalue weighted by atomic mass is 9.96. The van der Waals surface area contributed by atoms with Crippen LogP contribution in [0.3, 0.4) is 0 Å². The summed E-state index contributed by atoms with van der Waals surface area (Å²) in [5.41, 5.74) is 0.814. The van der Waals surface area contributed by atoms with Crippen LogP contribution in [0.15, 0.2) is 30.3 Å². The van der Waals surface area contributed by atoms with Gasteiger partial charge in [-0.25, -0.2) is 4.79 Å². The number of alkyl halides is 3. The van der Waals surface area contributed by atoms with E-state index in [1.165, 1.54) is 6.42 Å². The number of benzene rings is 1. The molecule has 12 heteroatoms. The SMILES string of the molecule is CCCCCC[Si](C)(C)O[C@@H]1O[C@@H]2CO[C@@H](c3ccccc3)O[C@H]2[C@H](O)[C@H]1NC(=O)OCC(Cl)(Cl)Cl. The number of aliphatic hydroxyl groups excluding tert-OH is 1. The quantitative estimate of drug-likeness (QED) is 0.214. The van der Waals surface area contributed by atoms with Gasteiger partial charge >= 0.3 is 6.09 Å². The van der Waals surface area contributed by atoms with E-state index in [-0.39, 0.29) is 6.61 Å². The minimum Gasteiger partial charge on any atom is -0.445 e. The Kier molecular flexibility index (Phi) is 11.2. The topological polar surface area (TPSA) is 95.5 Å². The molecule has 1 aromatic carbocycles. The highest BCUT2D eigenvalue weighted by Gasteiger charge is 2.51. The van der Waals surface area contributed by atoms with Crippen molar-refractivity contribution in [1.29, 1.82) is 0 Å². The first-order valence-corrected chi connectivity index (χ1v) is 16.6. The van der Waals surface area contributed by atoms with Crippen LogP contribution in [0.4, 0.5) is 4.79 Å². The number of alkyl carbamates (subject to hydrolysis) is 1. The number of ether oxygens (including phenoxy) is 4. The molecule has 2 heterocycles. The molecule has 0 spiro atoms. The second-order valence-electron chi connectivity index (χ2n) is 9.76. The van der Waals surface area contributed by atoms with Gasteiger partial charge in [0.05, 0.1) is 6.61 Å². The van der Waals surface area contributed by atoms with Gasteiger partial charge in [0.1, 0.15) is 31.0 Å². The second kappa shape index (κ2) is 13.4. The Morgan fingerprint density at radius 1 is 1.17 bits per heavy atom. The number of amides is 1. The van der Waals surface area contributed by atoms with Crippen molar-refractivity contribution in [2.24, 2.45) is 0 Å². The van der Waals surface area contributed by atoms with Gasteiger partial charge in [-0.3, -0.25) is 0 Å². The number of carbonyl (C=O) groups is 1. The molecule has 8 nitrogen and oxygen atoms in total. The number of nitrogens with one attached hydrogen (secondary N) is 1. The molecule has 2 aliphatic heterocycles. The molecule has 3 rings (SSSR count). The standard InChI is InChI=1S/C24H36Cl3NO7Si/c1-4-5-6-10-13-36(2,3)35-22-18(28-23(30)32-15-24(25,26)27)19(29)20-17(33-22)14-31-21(34-20)16-11-8-7-9-12-16/h7-9,11-12,17-22,29H,4-6,10,13-15H2,1-3H3,(H,28,30)/t17-,18-,19-,20-,21-,22+/m1/s1. The van der Waals surface area contributed by atoms with Gasteiger partial charge in [0.15, 0.2) is 20.9 Å². The Labute approximate surface area is 228 Å². The summed E-state index contributed by atoms with van der Waals surface area (Å²) in [4.78, 5) is 12.5. The Morgan fingerprint density at radius 2 is 1.89 bits per heavy atom. The molecule has 1 aromatic rings. The van der Waals surface area contributed by atoms with Crippen LogP contribution in [0.2, 0.25) is 19.1 Å². The van der Waals surface area contributed by atoms with Crippen molar-refractivity contribution in [3.63, 3.8) is 0 Å². The van der Waals surface area contributed by atoms with Gasteiger partial charge in [-0.15, -0.1) is 0 Å². The molecule has 204 valence electrons. The van der Waals surface area contributed by atoms with Gasteiger partial charge in [0, 0.05) is 5.56 Å². The number of unbranched alkanes of at least 4 members (excludes halogenated alkanes) is 3. The molecule has 0 aromatic heterocycles. The molecule has 2 fully saturated rings. The summed E-state index contributed by atoms with van der Waals surface area (Å²) in [6.45, 7) is 6.10. The van der Waals surface area contributed by atoms with Crippen molar-refractivity contribution in [3.05, 3.63) is 35.9 Å². The zero-order chi connectivity index (χ0) is 26.3. The van der Waals surface area contributed by atoms with E-state index in [0.717, 1.165) is 30.9 Å². The zero-order valence-electron chi connectivity index (χ0n) is 20.8. The summed E-state index contributed by atoms with van der Waals surface area (Å²) in [5.74, 6) is 0. The zero-order valence-corrected chi connectivity index (χ0v) is 24.1. The fourth-order valence-corrected chi connectivity index (χ4v) is 6.52. The van der Waals surface area contributed by atoms with Gasteiger partial charge in [-0.05, 0) is 19.1 Å². The molecule has 2 aliphatic rings. The fraction of sp³-hybridized carbons (Fsp3) is 0.708. The van der Waals surface area contributed by atoms with Crippen LogP contribution < -0.4 is 5.32 Å². The molecule has 0 radical (unpaired) electrons. The third-order valence-electron chi connectivity index (χ3n) is 6.16. The molecule has 2 N–H and O–H groups in total. The maximum Gasteiger partial charge on any atom is 0.407 e. The molecule has 0 bridgehead atoms. The lowest BCUT2D eigenvalue weighted by Gasteiger charge is -2.49. The summed E-state index contributed by atoms with van der Waals surface area (Å²) in [6, 6.07) is 9.36. The maximum absolute atomic E-state index is 12.5. The molecule has 0 unspecified atom stereocenters. The summed E-state index contributed by atoms with van der Waals surface area (Å²) >= 11 is 17.1. The molecular weight excluding hydrogens is 549 g/mol. The number of aliphatic hydroxyl groups is 1. The largest absolute Gasteiger partial charge is 0.445 e. The van der Waals surface area contributed by atoms with Gasteiger partial charge < -0.3 is 33.8 Å². The third-order valence-corrected chi connectivity index (χ3v) is 8.91. The van der Waals surface area contributed by atoms with Crippen molar-refractivity contribution in [2.45, 2.75) is 92.5 Å².